The van der Waals surface area contributed by atoms with Gasteiger partial charge in [0.2, 0.25) is 10.0 Å². The van der Waals surface area contributed by atoms with E-state index >= 15 is 0 Å². The molecule has 4 nitrogen and oxygen atoms in total. The summed E-state index contributed by atoms with van der Waals surface area (Å²) in [7, 11) is -1.91. The molecule has 0 aliphatic carbocycles. The van der Waals surface area contributed by atoms with Crippen LogP contribution in [0.4, 0.5) is 0 Å². The fraction of sp³-hybridized carbons (Fsp3) is 0.444. The van der Waals surface area contributed by atoms with E-state index in [-0.39, 0.29) is 4.99 Å². The third-order valence-electron chi connectivity index (χ3n) is 2.24. The summed E-state index contributed by atoms with van der Waals surface area (Å²) < 4.78 is 25.2. The number of hydrogen-bond acceptors (Lipinski definition) is 4. The highest BCUT2D eigenvalue weighted by atomic mass is 32.2. The van der Waals surface area contributed by atoms with Gasteiger partial charge in [-0.25, -0.2) is 8.42 Å². The summed E-state index contributed by atoms with van der Waals surface area (Å²) in [6.07, 6.45) is 0. The van der Waals surface area contributed by atoms with Crippen LogP contribution in [0.15, 0.2) is 17.5 Å². The lowest BCUT2D eigenvalue weighted by atomic mass is 10.5. The first kappa shape index (κ1) is 13.6. The Morgan fingerprint density at radius 2 is 2.31 bits per heavy atom. The van der Waals surface area contributed by atoms with Gasteiger partial charge in [0.15, 0.2) is 0 Å². The van der Waals surface area contributed by atoms with E-state index in [1.807, 2.05) is 17.5 Å². The van der Waals surface area contributed by atoms with Crippen molar-refractivity contribution in [3.63, 3.8) is 0 Å². The molecule has 0 bridgehead atoms. The first-order valence-corrected chi connectivity index (χ1v) is 7.41. The molecule has 0 radical (unpaired) electrons. The number of thiophene rings is 1. The molecular weight excluding hydrogens is 264 g/mol. The van der Waals surface area contributed by atoms with E-state index in [0.29, 0.717) is 6.54 Å². The van der Waals surface area contributed by atoms with Gasteiger partial charge in [-0.2, -0.15) is 4.31 Å². The van der Waals surface area contributed by atoms with Crippen molar-refractivity contribution in [3.05, 3.63) is 22.4 Å². The Bertz CT molecular complexity index is 453. The molecule has 0 fully saturated rings. The third-order valence-corrected chi connectivity index (χ3v) is 5.75. The fourth-order valence-corrected chi connectivity index (χ4v) is 3.48. The summed E-state index contributed by atoms with van der Waals surface area (Å²) in [5.74, 6) is 0. The lowest BCUT2D eigenvalue weighted by Crippen LogP contribution is -2.40. The van der Waals surface area contributed by atoms with E-state index in [0.717, 1.165) is 4.88 Å². The molecule has 0 aromatic carbocycles. The molecule has 0 saturated heterocycles. The van der Waals surface area contributed by atoms with Gasteiger partial charge < -0.3 is 5.73 Å². The van der Waals surface area contributed by atoms with Crippen molar-refractivity contribution in [3.8, 4) is 0 Å². The average Bonchev–Trinajstić information content (AvgIpc) is 2.68. The minimum Gasteiger partial charge on any atom is -0.392 e. The average molecular weight is 278 g/mol. The van der Waals surface area contributed by atoms with Gasteiger partial charge in [0.25, 0.3) is 0 Å². The fourth-order valence-electron chi connectivity index (χ4n) is 1.13. The molecule has 1 aromatic rings. The minimum absolute atomic E-state index is 0.00182. The zero-order valence-electron chi connectivity index (χ0n) is 9.08. The predicted molar refractivity (Wildman–Crippen MR) is 71.0 cm³/mol. The molecule has 0 spiro atoms. The van der Waals surface area contributed by atoms with E-state index in [1.54, 1.807) is 0 Å². The normalized spacial score (nSPS) is 13.9. The predicted octanol–water partition coefficient (Wildman–Crippen LogP) is 1.18. The Kier molecular flexibility index (Phi) is 4.43. The van der Waals surface area contributed by atoms with Gasteiger partial charge >= 0.3 is 0 Å². The molecule has 1 unspecified atom stereocenters. The van der Waals surface area contributed by atoms with Gasteiger partial charge in [-0.3, -0.25) is 0 Å². The molecule has 0 aliphatic rings. The van der Waals surface area contributed by atoms with Crippen LogP contribution in [0.3, 0.4) is 0 Å². The maximum absolute atomic E-state index is 12.0. The summed E-state index contributed by atoms with van der Waals surface area (Å²) in [5.41, 5.74) is 5.36. The van der Waals surface area contributed by atoms with Gasteiger partial charge in [-0.05, 0) is 18.4 Å². The number of nitrogens with zero attached hydrogens (tertiary/aromatic N) is 1. The van der Waals surface area contributed by atoms with Gasteiger partial charge in [-0.15, -0.1) is 11.3 Å². The molecule has 0 saturated carbocycles. The summed E-state index contributed by atoms with van der Waals surface area (Å²) in [6.45, 7) is 1.86. The number of sulfonamides is 1. The third kappa shape index (κ3) is 3.00. The quantitative estimate of drug-likeness (QED) is 0.822. The molecule has 7 heteroatoms. The van der Waals surface area contributed by atoms with E-state index in [9.17, 15) is 8.42 Å². The van der Waals surface area contributed by atoms with Crippen molar-refractivity contribution >= 4 is 38.6 Å². The second-order valence-electron chi connectivity index (χ2n) is 3.42. The zero-order valence-corrected chi connectivity index (χ0v) is 11.5. The van der Waals surface area contributed by atoms with E-state index in [2.05, 4.69) is 0 Å². The molecule has 1 atom stereocenters. The summed E-state index contributed by atoms with van der Waals surface area (Å²) >= 11 is 6.23. The summed E-state index contributed by atoms with van der Waals surface area (Å²) in [5, 5.41) is 1.08. The topological polar surface area (TPSA) is 63.4 Å². The first-order chi connectivity index (χ1) is 7.35. The highest BCUT2D eigenvalue weighted by Crippen LogP contribution is 2.15. The standard InChI is InChI=1S/C9H14N2O2S3/c1-7(9(10)14)16(12,13)11(2)6-8-4-3-5-15-8/h3-5,7H,6H2,1-2H3,(H2,10,14). The van der Waals surface area contributed by atoms with Gasteiger partial charge in [-0.1, -0.05) is 18.3 Å². The molecule has 1 heterocycles. The van der Waals surface area contributed by atoms with Crippen molar-refractivity contribution in [2.45, 2.75) is 18.7 Å². The van der Waals surface area contributed by atoms with Crippen LogP contribution < -0.4 is 5.73 Å². The lowest BCUT2D eigenvalue weighted by molar-refractivity contribution is 0.467. The molecule has 0 amide bonds. The van der Waals surface area contributed by atoms with Crippen LogP contribution in [-0.4, -0.2) is 30.0 Å². The Hall–Kier alpha value is -0.500. The van der Waals surface area contributed by atoms with Crippen molar-refractivity contribution in [1.82, 2.24) is 4.31 Å². The Labute approximate surface area is 105 Å². The van der Waals surface area contributed by atoms with Gasteiger partial charge in [0, 0.05) is 18.5 Å². The number of thiocarbonyl (C=S) groups is 1. The smallest absolute Gasteiger partial charge is 0.223 e. The number of nitrogens with two attached hydrogens (primary N) is 1. The summed E-state index contributed by atoms with van der Waals surface area (Å²) in [6, 6.07) is 3.78. The molecule has 90 valence electrons. The first-order valence-electron chi connectivity index (χ1n) is 4.62. The van der Waals surface area contributed by atoms with Crippen molar-refractivity contribution < 1.29 is 8.42 Å². The van der Waals surface area contributed by atoms with Crippen molar-refractivity contribution in [2.24, 2.45) is 5.73 Å². The van der Waals surface area contributed by atoms with Crippen LogP contribution in [0.5, 0.6) is 0 Å². The van der Waals surface area contributed by atoms with E-state index in [1.165, 1.54) is 29.6 Å². The highest BCUT2D eigenvalue weighted by Gasteiger charge is 2.28. The molecule has 0 aliphatic heterocycles. The maximum atomic E-state index is 12.0. The molecule has 1 aromatic heterocycles. The maximum Gasteiger partial charge on any atom is 0.223 e. The SMILES string of the molecule is CC(C(N)=S)S(=O)(=O)N(C)Cc1cccs1. The summed E-state index contributed by atoms with van der Waals surface area (Å²) in [4.78, 5) is 0.985. The Morgan fingerprint density at radius 3 is 2.75 bits per heavy atom. The van der Waals surface area contributed by atoms with E-state index in [4.69, 9.17) is 18.0 Å². The second kappa shape index (κ2) is 5.22. The zero-order chi connectivity index (χ0) is 12.3. The van der Waals surface area contributed by atoms with Crippen molar-refractivity contribution in [2.75, 3.05) is 7.05 Å². The van der Waals surface area contributed by atoms with E-state index < -0.39 is 15.3 Å². The minimum atomic E-state index is -3.44. The van der Waals surface area contributed by atoms with Gasteiger partial charge in [0.1, 0.15) is 5.25 Å². The van der Waals surface area contributed by atoms with Crippen LogP contribution in [0, 0.1) is 0 Å². The van der Waals surface area contributed by atoms with Crippen LogP contribution in [-0.2, 0) is 16.6 Å². The van der Waals surface area contributed by atoms with Crippen molar-refractivity contribution in [1.29, 1.82) is 0 Å². The Morgan fingerprint density at radius 1 is 1.69 bits per heavy atom. The Balaban J connectivity index is 2.81. The lowest BCUT2D eigenvalue weighted by Gasteiger charge is -2.20. The molecular formula is C9H14N2O2S3. The number of rotatable bonds is 5. The van der Waals surface area contributed by atoms with Gasteiger partial charge in [0.05, 0.1) is 4.99 Å². The molecule has 2 N–H and O–H groups in total. The monoisotopic (exact) mass is 278 g/mol. The number of hydrogen-bond donors (Lipinski definition) is 1. The molecule has 16 heavy (non-hydrogen) atoms. The highest BCUT2D eigenvalue weighted by molar-refractivity contribution is 7.92. The van der Waals surface area contributed by atoms with Crippen LogP contribution in [0.1, 0.15) is 11.8 Å². The second-order valence-corrected chi connectivity index (χ2v) is 7.29. The van der Waals surface area contributed by atoms with Crippen LogP contribution >= 0.6 is 23.6 Å². The van der Waals surface area contributed by atoms with Crippen LogP contribution in [0.2, 0.25) is 0 Å². The largest absolute Gasteiger partial charge is 0.392 e. The van der Waals surface area contributed by atoms with Crippen LogP contribution in [0.25, 0.3) is 0 Å². The molecule has 1 rings (SSSR count).